The molecule has 7 heteroatoms. The summed E-state index contributed by atoms with van der Waals surface area (Å²) in [6, 6.07) is 0. The van der Waals surface area contributed by atoms with E-state index in [1.807, 2.05) is 0 Å². The van der Waals surface area contributed by atoms with Gasteiger partial charge in [0.05, 0.1) is 16.0 Å². The van der Waals surface area contributed by atoms with Crippen molar-refractivity contribution in [3.63, 3.8) is 0 Å². The summed E-state index contributed by atoms with van der Waals surface area (Å²) < 4.78 is 43.1. The van der Waals surface area contributed by atoms with Gasteiger partial charge in [-0.2, -0.15) is 13.2 Å². The van der Waals surface area contributed by atoms with Crippen LogP contribution in [0.2, 0.25) is 0 Å². The van der Waals surface area contributed by atoms with Crippen molar-refractivity contribution in [2.24, 2.45) is 0 Å². The van der Waals surface area contributed by atoms with Gasteiger partial charge in [-0.3, -0.25) is 0 Å². The van der Waals surface area contributed by atoms with E-state index in [4.69, 9.17) is 4.74 Å². The molecule has 0 radical (unpaired) electrons. The summed E-state index contributed by atoms with van der Waals surface area (Å²) in [6.07, 6.45) is -4.13. The quantitative estimate of drug-likeness (QED) is 0.890. The first-order valence-electron chi connectivity index (χ1n) is 5.11. The molecule has 1 heterocycles. The monoisotopic (exact) mass is 268 g/mol. The predicted octanol–water partition coefficient (Wildman–Crippen LogP) is 2.46. The largest absolute Gasteiger partial charge is 0.434 e. The molecule has 0 fully saturated rings. The lowest BCUT2D eigenvalue weighted by molar-refractivity contribution is -0.141. The van der Waals surface area contributed by atoms with E-state index in [0.717, 1.165) is 11.3 Å². The van der Waals surface area contributed by atoms with Crippen LogP contribution in [0.4, 0.5) is 13.2 Å². The molecule has 98 valence electrons. The molecule has 1 rings (SSSR count). The maximum Gasteiger partial charge on any atom is 0.434 e. The molecule has 1 atom stereocenters. The Morgan fingerprint density at radius 3 is 2.59 bits per heavy atom. The van der Waals surface area contributed by atoms with Crippen LogP contribution in [0.3, 0.4) is 0 Å². The molecular weight excluding hydrogens is 253 g/mol. The Kier molecular flexibility index (Phi) is 4.91. The lowest BCUT2D eigenvalue weighted by Gasteiger charge is -2.06. The van der Waals surface area contributed by atoms with E-state index < -0.39 is 11.9 Å². The second-order valence-electron chi connectivity index (χ2n) is 3.66. The summed E-state index contributed by atoms with van der Waals surface area (Å²) in [4.78, 5) is 3.88. The van der Waals surface area contributed by atoms with E-state index in [0.29, 0.717) is 11.4 Å². The Morgan fingerprint density at radius 1 is 1.47 bits per heavy atom. The van der Waals surface area contributed by atoms with Crippen LogP contribution in [0.15, 0.2) is 0 Å². The van der Waals surface area contributed by atoms with Gasteiger partial charge in [-0.25, -0.2) is 4.98 Å². The minimum absolute atomic E-state index is 0.135. The zero-order valence-corrected chi connectivity index (χ0v) is 10.7. The number of hydrogen-bond donors (Lipinski definition) is 1. The van der Waals surface area contributed by atoms with Crippen LogP contribution < -0.4 is 5.32 Å². The standard InChI is InChI=1S/C10H15F3N2OS/c1-6(16-3)4-8-15-9(10(11,12)13)7(17-8)5-14-2/h6,14H,4-5H2,1-3H3. The smallest absolute Gasteiger partial charge is 0.381 e. The third-order valence-electron chi connectivity index (χ3n) is 2.21. The van der Waals surface area contributed by atoms with Gasteiger partial charge in [0, 0.05) is 20.1 Å². The van der Waals surface area contributed by atoms with Crippen molar-refractivity contribution >= 4 is 11.3 Å². The van der Waals surface area contributed by atoms with Crippen LogP contribution in [0.1, 0.15) is 22.5 Å². The predicted molar refractivity (Wildman–Crippen MR) is 60.1 cm³/mol. The summed E-state index contributed by atoms with van der Waals surface area (Å²) in [7, 11) is 3.13. The topological polar surface area (TPSA) is 34.1 Å². The van der Waals surface area contributed by atoms with E-state index in [-0.39, 0.29) is 17.5 Å². The molecule has 0 aliphatic rings. The second kappa shape index (κ2) is 5.79. The Morgan fingerprint density at radius 2 is 2.12 bits per heavy atom. The molecule has 3 nitrogen and oxygen atoms in total. The maximum absolute atomic E-state index is 12.7. The van der Waals surface area contributed by atoms with Gasteiger partial charge in [0.15, 0.2) is 5.69 Å². The van der Waals surface area contributed by atoms with Crippen LogP contribution in [0.25, 0.3) is 0 Å². The molecule has 1 unspecified atom stereocenters. The molecule has 0 spiro atoms. The molecule has 0 aromatic carbocycles. The Bertz CT molecular complexity index is 365. The van der Waals surface area contributed by atoms with Crippen LogP contribution in [0.5, 0.6) is 0 Å². The van der Waals surface area contributed by atoms with Gasteiger partial charge in [0.25, 0.3) is 0 Å². The molecule has 0 aliphatic heterocycles. The normalized spacial score (nSPS) is 14.0. The lowest BCUT2D eigenvalue weighted by atomic mass is 10.3. The maximum atomic E-state index is 12.7. The van der Waals surface area contributed by atoms with Gasteiger partial charge < -0.3 is 10.1 Å². The minimum atomic E-state index is -4.39. The number of thiazole rings is 1. The van der Waals surface area contributed by atoms with E-state index in [2.05, 4.69) is 10.3 Å². The molecular formula is C10H15F3N2OS. The molecule has 0 saturated carbocycles. The molecule has 1 aromatic heterocycles. The van der Waals surface area contributed by atoms with Gasteiger partial charge in [0.1, 0.15) is 0 Å². The Hall–Kier alpha value is -0.660. The van der Waals surface area contributed by atoms with Crippen LogP contribution in [0, 0.1) is 0 Å². The molecule has 1 N–H and O–H groups in total. The van der Waals surface area contributed by atoms with Crippen LogP contribution >= 0.6 is 11.3 Å². The first kappa shape index (κ1) is 14.4. The van der Waals surface area contributed by atoms with Crippen LogP contribution in [-0.4, -0.2) is 25.2 Å². The number of hydrogen-bond acceptors (Lipinski definition) is 4. The van der Waals surface area contributed by atoms with Gasteiger partial charge in [0.2, 0.25) is 0 Å². The number of rotatable bonds is 5. The highest BCUT2D eigenvalue weighted by Gasteiger charge is 2.37. The van der Waals surface area contributed by atoms with Crippen molar-refractivity contribution < 1.29 is 17.9 Å². The number of aromatic nitrogens is 1. The van der Waals surface area contributed by atoms with Gasteiger partial charge in [-0.05, 0) is 14.0 Å². The molecule has 0 bridgehead atoms. The summed E-state index contributed by atoms with van der Waals surface area (Å²) in [5.74, 6) is 0. The fraction of sp³-hybridized carbons (Fsp3) is 0.700. The van der Waals surface area contributed by atoms with Crippen LogP contribution in [-0.2, 0) is 23.9 Å². The Labute approximate surface area is 102 Å². The summed E-state index contributed by atoms with van der Waals surface area (Å²) in [5.41, 5.74) is -0.782. The molecule has 1 aromatic rings. The zero-order valence-electron chi connectivity index (χ0n) is 9.89. The van der Waals surface area contributed by atoms with E-state index in [9.17, 15) is 13.2 Å². The van der Waals surface area contributed by atoms with Crippen molar-refractivity contribution in [3.8, 4) is 0 Å². The SMILES string of the molecule is CNCc1sc(CC(C)OC)nc1C(F)(F)F. The minimum Gasteiger partial charge on any atom is -0.381 e. The fourth-order valence-corrected chi connectivity index (χ4v) is 2.53. The highest BCUT2D eigenvalue weighted by molar-refractivity contribution is 7.11. The number of ether oxygens (including phenoxy) is 1. The van der Waals surface area contributed by atoms with Crippen molar-refractivity contribution in [1.82, 2.24) is 10.3 Å². The molecule has 0 amide bonds. The second-order valence-corrected chi connectivity index (χ2v) is 4.83. The third-order valence-corrected chi connectivity index (χ3v) is 3.29. The van der Waals surface area contributed by atoms with Gasteiger partial charge in [-0.15, -0.1) is 11.3 Å². The van der Waals surface area contributed by atoms with E-state index in [1.165, 1.54) is 7.11 Å². The lowest BCUT2D eigenvalue weighted by Crippen LogP contribution is -2.13. The fourth-order valence-electron chi connectivity index (χ4n) is 1.32. The van der Waals surface area contributed by atoms with Crippen molar-refractivity contribution in [3.05, 3.63) is 15.6 Å². The number of halogens is 3. The van der Waals surface area contributed by atoms with Crippen molar-refractivity contribution in [2.75, 3.05) is 14.2 Å². The number of alkyl halides is 3. The summed E-state index contributed by atoms with van der Waals surface area (Å²) in [5, 5.41) is 3.17. The van der Waals surface area contributed by atoms with Gasteiger partial charge in [-0.1, -0.05) is 0 Å². The average Bonchev–Trinajstić information content (AvgIpc) is 2.61. The molecule has 17 heavy (non-hydrogen) atoms. The highest BCUT2D eigenvalue weighted by Crippen LogP contribution is 2.34. The first-order chi connectivity index (χ1) is 7.88. The average molecular weight is 268 g/mol. The third kappa shape index (κ3) is 3.93. The highest BCUT2D eigenvalue weighted by atomic mass is 32.1. The molecule has 0 saturated heterocycles. The van der Waals surface area contributed by atoms with Crippen molar-refractivity contribution in [1.29, 1.82) is 0 Å². The summed E-state index contributed by atoms with van der Waals surface area (Å²) in [6.45, 7) is 1.97. The number of nitrogens with one attached hydrogen (secondary N) is 1. The number of nitrogens with zero attached hydrogens (tertiary/aromatic N) is 1. The van der Waals surface area contributed by atoms with E-state index in [1.54, 1.807) is 14.0 Å². The van der Waals surface area contributed by atoms with Gasteiger partial charge >= 0.3 is 6.18 Å². The first-order valence-corrected chi connectivity index (χ1v) is 5.93. The van der Waals surface area contributed by atoms with Crippen molar-refractivity contribution in [2.45, 2.75) is 32.2 Å². The van der Waals surface area contributed by atoms with E-state index >= 15 is 0 Å². The number of methoxy groups -OCH3 is 1. The molecule has 0 aliphatic carbocycles. The Balaban J connectivity index is 2.95. The zero-order chi connectivity index (χ0) is 13.1. The summed E-state index contributed by atoms with van der Waals surface area (Å²) >= 11 is 1.08.